The van der Waals surface area contributed by atoms with Gasteiger partial charge in [0.2, 0.25) is 0 Å². The number of nitrogens with one attached hydrogen (secondary N) is 2. The van der Waals surface area contributed by atoms with Crippen LogP contribution in [0.1, 0.15) is 25.1 Å². The third kappa shape index (κ3) is 2.25. The fourth-order valence-electron chi connectivity index (χ4n) is 1.76. The van der Waals surface area contributed by atoms with Crippen molar-refractivity contribution < 1.29 is 0 Å². The maximum Gasteiger partial charge on any atom is 0.183 e. The van der Waals surface area contributed by atoms with E-state index >= 15 is 0 Å². The van der Waals surface area contributed by atoms with E-state index in [4.69, 9.17) is 0 Å². The number of aromatic amines is 1. The van der Waals surface area contributed by atoms with Crippen LogP contribution < -0.4 is 5.32 Å². The molecule has 0 aliphatic carbocycles. The molecule has 2 rings (SSSR count). The number of hydrogen-bond acceptors (Lipinski definition) is 5. The van der Waals surface area contributed by atoms with Crippen LogP contribution in [0.2, 0.25) is 0 Å². The summed E-state index contributed by atoms with van der Waals surface area (Å²) in [6.45, 7) is 6.97. The molecule has 0 fully saturated rings. The molecule has 6 heteroatoms. The lowest BCUT2D eigenvalue weighted by Crippen LogP contribution is -2.08. The summed E-state index contributed by atoms with van der Waals surface area (Å²) in [7, 11) is 0. The van der Waals surface area contributed by atoms with Crippen molar-refractivity contribution in [2.45, 2.75) is 27.2 Å². The smallest absolute Gasteiger partial charge is 0.183 e. The van der Waals surface area contributed by atoms with Crippen molar-refractivity contribution in [1.82, 2.24) is 25.4 Å². The lowest BCUT2D eigenvalue weighted by atomic mass is 10.1. The third-order valence-electron chi connectivity index (χ3n) is 2.56. The molecule has 0 atom stereocenters. The van der Waals surface area contributed by atoms with E-state index < -0.39 is 0 Å². The zero-order valence-corrected chi connectivity index (χ0v) is 10.3. The van der Waals surface area contributed by atoms with Gasteiger partial charge in [0, 0.05) is 17.8 Å². The Morgan fingerprint density at radius 1 is 1.29 bits per heavy atom. The second-order valence-corrected chi connectivity index (χ2v) is 3.70. The Balaban J connectivity index is 2.50. The fraction of sp³-hybridized carbons (Fsp3) is 0.455. The van der Waals surface area contributed by atoms with Gasteiger partial charge in [-0.25, -0.2) is 9.97 Å². The summed E-state index contributed by atoms with van der Waals surface area (Å²) in [6, 6.07) is 0. The topological polar surface area (TPSA) is 79.4 Å². The van der Waals surface area contributed by atoms with Gasteiger partial charge in [0.05, 0.1) is 6.20 Å². The number of aryl methyl sites for hydroxylation is 1. The van der Waals surface area contributed by atoms with Crippen LogP contribution >= 0.6 is 0 Å². The van der Waals surface area contributed by atoms with Crippen molar-refractivity contribution >= 4 is 5.82 Å². The van der Waals surface area contributed by atoms with Crippen LogP contribution in [0, 0.1) is 6.92 Å². The first-order valence-corrected chi connectivity index (χ1v) is 5.73. The van der Waals surface area contributed by atoms with E-state index in [-0.39, 0.29) is 0 Å². The molecule has 6 nitrogen and oxygen atoms in total. The largest absolute Gasteiger partial charge is 0.370 e. The summed E-state index contributed by atoms with van der Waals surface area (Å²) in [4.78, 5) is 8.95. The average molecular weight is 232 g/mol. The standard InChI is InChI=1S/C11H16N6/c1-4-8-7(3)14-11(9-6-13-17-16-9)15-10(8)12-5-2/h6H,4-5H2,1-3H3,(H,12,14,15)(H,13,16,17). The predicted octanol–water partition coefficient (Wildman–Crippen LogP) is 1.56. The SMILES string of the molecule is CCNc1nc(-c2cn[nH]n2)nc(C)c1CC. The van der Waals surface area contributed by atoms with Crippen molar-refractivity contribution in [3.05, 3.63) is 17.5 Å². The first kappa shape index (κ1) is 11.5. The van der Waals surface area contributed by atoms with Gasteiger partial charge in [-0.3, -0.25) is 0 Å². The predicted molar refractivity (Wildman–Crippen MR) is 65.7 cm³/mol. The van der Waals surface area contributed by atoms with Crippen LogP contribution in [-0.4, -0.2) is 31.9 Å². The number of hydrogen-bond donors (Lipinski definition) is 2. The molecule has 0 unspecified atom stereocenters. The number of H-pyrrole nitrogens is 1. The van der Waals surface area contributed by atoms with Crippen molar-refractivity contribution in [3.63, 3.8) is 0 Å². The Kier molecular flexibility index (Phi) is 3.32. The average Bonchev–Trinajstić information content (AvgIpc) is 2.82. The molecule has 0 amide bonds. The molecular formula is C11H16N6. The van der Waals surface area contributed by atoms with Gasteiger partial charge < -0.3 is 5.32 Å². The van der Waals surface area contributed by atoms with E-state index in [1.165, 1.54) is 0 Å². The molecule has 2 N–H and O–H groups in total. The quantitative estimate of drug-likeness (QED) is 0.836. The third-order valence-corrected chi connectivity index (χ3v) is 2.56. The van der Waals surface area contributed by atoms with Crippen molar-refractivity contribution in [2.75, 3.05) is 11.9 Å². The Labute approximate surface area is 99.9 Å². The summed E-state index contributed by atoms with van der Waals surface area (Å²) in [5.74, 6) is 1.49. The van der Waals surface area contributed by atoms with Crippen molar-refractivity contribution in [2.24, 2.45) is 0 Å². The molecule has 0 radical (unpaired) electrons. The zero-order chi connectivity index (χ0) is 12.3. The van der Waals surface area contributed by atoms with E-state index in [2.05, 4.69) is 37.6 Å². The molecule has 0 aliphatic heterocycles. The van der Waals surface area contributed by atoms with E-state index in [1.807, 2.05) is 13.8 Å². The van der Waals surface area contributed by atoms with Gasteiger partial charge in [-0.2, -0.15) is 15.4 Å². The summed E-state index contributed by atoms with van der Waals surface area (Å²) >= 11 is 0. The van der Waals surface area contributed by atoms with Gasteiger partial charge in [0.15, 0.2) is 5.82 Å². The maximum atomic E-state index is 4.49. The van der Waals surface area contributed by atoms with Crippen LogP contribution in [0.4, 0.5) is 5.82 Å². The molecule has 2 heterocycles. The summed E-state index contributed by atoms with van der Waals surface area (Å²) < 4.78 is 0. The van der Waals surface area contributed by atoms with Crippen LogP contribution in [-0.2, 0) is 6.42 Å². The second kappa shape index (κ2) is 4.90. The maximum absolute atomic E-state index is 4.49. The van der Waals surface area contributed by atoms with Gasteiger partial charge >= 0.3 is 0 Å². The first-order chi connectivity index (χ1) is 8.26. The van der Waals surface area contributed by atoms with Gasteiger partial charge in [0.1, 0.15) is 11.5 Å². The number of aromatic nitrogens is 5. The van der Waals surface area contributed by atoms with Gasteiger partial charge in [-0.05, 0) is 20.3 Å². The molecule has 0 saturated heterocycles. The number of rotatable bonds is 4. The minimum absolute atomic E-state index is 0.601. The van der Waals surface area contributed by atoms with Crippen LogP contribution in [0.3, 0.4) is 0 Å². The molecule has 0 aromatic carbocycles. The van der Waals surface area contributed by atoms with E-state index in [1.54, 1.807) is 6.20 Å². The van der Waals surface area contributed by atoms with Gasteiger partial charge in [0.25, 0.3) is 0 Å². The van der Waals surface area contributed by atoms with Gasteiger partial charge in [-0.15, -0.1) is 0 Å². The molecule has 2 aromatic heterocycles. The molecule has 0 saturated carbocycles. The van der Waals surface area contributed by atoms with Crippen molar-refractivity contribution in [1.29, 1.82) is 0 Å². The summed E-state index contributed by atoms with van der Waals surface area (Å²) in [5, 5.41) is 13.6. The molecule has 17 heavy (non-hydrogen) atoms. The molecular weight excluding hydrogens is 216 g/mol. The van der Waals surface area contributed by atoms with E-state index in [9.17, 15) is 0 Å². The molecule has 0 aliphatic rings. The first-order valence-electron chi connectivity index (χ1n) is 5.73. The Morgan fingerprint density at radius 3 is 2.71 bits per heavy atom. The number of nitrogens with zero attached hydrogens (tertiary/aromatic N) is 4. The normalized spacial score (nSPS) is 10.5. The van der Waals surface area contributed by atoms with E-state index in [0.29, 0.717) is 11.5 Å². The lowest BCUT2D eigenvalue weighted by Gasteiger charge is -2.11. The number of anilines is 1. The lowest BCUT2D eigenvalue weighted by molar-refractivity contribution is 0.933. The van der Waals surface area contributed by atoms with Gasteiger partial charge in [-0.1, -0.05) is 6.92 Å². The monoisotopic (exact) mass is 232 g/mol. The summed E-state index contributed by atoms with van der Waals surface area (Å²) in [6.07, 6.45) is 2.53. The highest BCUT2D eigenvalue weighted by molar-refractivity contribution is 5.55. The Hall–Kier alpha value is -1.98. The zero-order valence-electron chi connectivity index (χ0n) is 10.3. The fourth-order valence-corrected chi connectivity index (χ4v) is 1.76. The molecule has 0 bridgehead atoms. The van der Waals surface area contributed by atoms with Crippen LogP contribution in [0.25, 0.3) is 11.5 Å². The molecule has 90 valence electrons. The Morgan fingerprint density at radius 2 is 2.12 bits per heavy atom. The highest BCUT2D eigenvalue weighted by Gasteiger charge is 2.12. The van der Waals surface area contributed by atoms with Crippen LogP contribution in [0.15, 0.2) is 6.20 Å². The highest BCUT2D eigenvalue weighted by Crippen LogP contribution is 2.20. The minimum Gasteiger partial charge on any atom is -0.370 e. The molecule has 0 spiro atoms. The Bertz CT molecular complexity index is 491. The highest BCUT2D eigenvalue weighted by atomic mass is 15.3. The minimum atomic E-state index is 0.601. The van der Waals surface area contributed by atoms with Crippen molar-refractivity contribution in [3.8, 4) is 11.5 Å². The molecule has 2 aromatic rings. The second-order valence-electron chi connectivity index (χ2n) is 3.70. The van der Waals surface area contributed by atoms with E-state index in [0.717, 1.165) is 30.0 Å². The summed E-state index contributed by atoms with van der Waals surface area (Å²) in [5.41, 5.74) is 2.80. The van der Waals surface area contributed by atoms with Crippen LogP contribution in [0.5, 0.6) is 0 Å².